The topological polar surface area (TPSA) is 86.8 Å². The van der Waals surface area contributed by atoms with Crippen LogP contribution in [0, 0.1) is 5.92 Å². The van der Waals surface area contributed by atoms with Crippen molar-refractivity contribution in [2.45, 2.75) is 31.6 Å². The van der Waals surface area contributed by atoms with Crippen molar-refractivity contribution in [3.63, 3.8) is 0 Å². The van der Waals surface area contributed by atoms with Crippen molar-refractivity contribution in [2.75, 3.05) is 32.7 Å². The number of hydrogen-bond acceptors (Lipinski definition) is 4. The summed E-state index contributed by atoms with van der Waals surface area (Å²) in [4.78, 5) is 26.2. The van der Waals surface area contributed by atoms with E-state index in [1.807, 2.05) is 13.8 Å². The molecule has 2 rings (SSSR count). The van der Waals surface area contributed by atoms with Crippen LogP contribution < -0.4 is 5.32 Å². The van der Waals surface area contributed by atoms with E-state index in [2.05, 4.69) is 5.32 Å². The number of carbonyl (C=O) groups is 2. The van der Waals surface area contributed by atoms with Gasteiger partial charge in [0, 0.05) is 32.1 Å². The lowest BCUT2D eigenvalue weighted by atomic mass is 9.97. The third-order valence-corrected chi connectivity index (χ3v) is 6.65. The lowest BCUT2D eigenvalue weighted by molar-refractivity contribution is -0.134. The number of sulfonamides is 1. The number of benzene rings is 1. The Morgan fingerprint density at radius 3 is 2.23 bits per heavy atom. The van der Waals surface area contributed by atoms with Gasteiger partial charge in [-0.15, -0.1) is 0 Å². The molecule has 0 aliphatic carbocycles. The third-order valence-electron chi connectivity index (χ3n) is 4.74. The zero-order chi connectivity index (χ0) is 19.2. The van der Waals surface area contributed by atoms with E-state index in [-0.39, 0.29) is 29.2 Å². The number of rotatable bonds is 7. The molecular weight excluding hydrogens is 354 g/mol. The van der Waals surface area contributed by atoms with Crippen molar-refractivity contribution in [2.24, 2.45) is 5.92 Å². The van der Waals surface area contributed by atoms with Crippen LogP contribution in [0.4, 0.5) is 0 Å². The number of hydrogen-bond donors (Lipinski definition) is 1. The molecule has 1 aromatic carbocycles. The minimum absolute atomic E-state index is 0.0109. The fourth-order valence-corrected chi connectivity index (χ4v) is 4.59. The third kappa shape index (κ3) is 4.82. The lowest BCUT2D eigenvalue weighted by Crippen LogP contribution is -2.45. The number of nitrogens with zero attached hydrogens (tertiary/aromatic N) is 2. The van der Waals surface area contributed by atoms with Crippen LogP contribution in [0.15, 0.2) is 35.2 Å². The number of piperidine rings is 1. The minimum Gasteiger partial charge on any atom is -0.347 e. The second kappa shape index (κ2) is 9.14. The molecule has 1 N–H and O–H groups in total. The summed E-state index contributed by atoms with van der Waals surface area (Å²) in [7, 11) is -3.51. The smallest absolute Gasteiger partial charge is 0.243 e. The molecule has 1 aliphatic rings. The fourth-order valence-electron chi connectivity index (χ4n) is 3.10. The highest BCUT2D eigenvalue weighted by Gasteiger charge is 2.32. The Balaban J connectivity index is 1.86. The molecule has 0 atom stereocenters. The molecule has 1 aromatic rings. The van der Waals surface area contributed by atoms with Gasteiger partial charge in [0.15, 0.2) is 0 Å². The van der Waals surface area contributed by atoms with Crippen LogP contribution in [0.2, 0.25) is 0 Å². The van der Waals surface area contributed by atoms with Crippen molar-refractivity contribution < 1.29 is 18.0 Å². The molecule has 1 saturated heterocycles. The van der Waals surface area contributed by atoms with Crippen molar-refractivity contribution >= 4 is 21.8 Å². The molecule has 26 heavy (non-hydrogen) atoms. The maximum absolute atomic E-state index is 12.6. The first-order chi connectivity index (χ1) is 12.4. The first-order valence-electron chi connectivity index (χ1n) is 9.00. The summed E-state index contributed by atoms with van der Waals surface area (Å²) in [6, 6.07) is 8.31. The van der Waals surface area contributed by atoms with Gasteiger partial charge >= 0.3 is 0 Å². The van der Waals surface area contributed by atoms with Crippen molar-refractivity contribution in [1.29, 1.82) is 0 Å². The first-order valence-corrected chi connectivity index (χ1v) is 10.4. The Kier molecular flexibility index (Phi) is 7.16. The molecule has 7 nitrogen and oxygen atoms in total. The fraction of sp³-hybridized carbons (Fsp3) is 0.556. The summed E-state index contributed by atoms with van der Waals surface area (Å²) in [5.41, 5.74) is 0. The lowest BCUT2D eigenvalue weighted by Gasteiger charge is -2.30. The second-order valence-electron chi connectivity index (χ2n) is 6.28. The molecule has 0 saturated carbocycles. The van der Waals surface area contributed by atoms with Gasteiger partial charge in [0.25, 0.3) is 0 Å². The Morgan fingerprint density at radius 1 is 1.12 bits per heavy atom. The standard InChI is InChI=1S/C18H27N3O4S/c1-3-20(4-2)17(22)14-19-18(23)15-10-12-21(13-11-15)26(24,25)16-8-6-5-7-9-16/h5-9,15H,3-4,10-14H2,1-2H3,(H,19,23). The molecule has 0 unspecified atom stereocenters. The molecular formula is C18H27N3O4S. The van der Waals surface area contributed by atoms with Crippen LogP contribution in [0.3, 0.4) is 0 Å². The van der Waals surface area contributed by atoms with E-state index in [1.165, 1.54) is 4.31 Å². The predicted molar refractivity (Wildman–Crippen MR) is 98.9 cm³/mol. The number of carbonyl (C=O) groups excluding carboxylic acids is 2. The largest absolute Gasteiger partial charge is 0.347 e. The van der Waals surface area contributed by atoms with Gasteiger partial charge in [0.1, 0.15) is 0 Å². The van der Waals surface area contributed by atoms with Crippen LogP contribution >= 0.6 is 0 Å². The highest BCUT2D eigenvalue weighted by Crippen LogP contribution is 2.23. The average molecular weight is 381 g/mol. The molecule has 8 heteroatoms. The predicted octanol–water partition coefficient (Wildman–Crippen LogP) is 1.07. The number of amides is 2. The van der Waals surface area contributed by atoms with E-state index < -0.39 is 10.0 Å². The maximum Gasteiger partial charge on any atom is 0.243 e. The maximum atomic E-state index is 12.6. The van der Waals surface area contributed by atoms with E-state index in [4.69, 9.17) is 0 Å². The molecule has 0 bridgehead atoms. The SMILES string of the molecule is CCN(CC)C(=O)CNC(=O)C1CCN(S(=O)(=O)c2ccccc2)CC1. The van der Waals surface area contributed by atoms with E-state index >= 15 is 0 Å². The summed E-state index contributed by atoms with van der Waals surface area (Å²) >= 11 is 0. The number of likely N-dealkylation sites (N-methyl/N-ethyl adjacent to an activating group) is 1. The molecule has 0 radical (unpaired) electrons. The van der Waals surface area contributed by atoms with E-state index in [1.54, 1.807) is 35.2 Å². The molecule has 0 aromatic heterocycles. The Morgan fingerprint density at radius 2 is 1.69 bits per heavy atom. The first kappa shape index (κ1) is 20.4. The van der Waals surface area contributed by atoms with Gasteiger partial charge in [-0.25, -0.2) is 8.42 Å². The number of nitrogens with one attached hydrogen (secondary N) is 1. The van der Waals surface area contributed by atoms with E-state index in [0.717, 1.165) is 0 Å². The summed E-state index contributed by atoms with van der Waals surface area (Å²) in [5.74, 6) is -0.545. The van der Waals surface area contributed by atoms with Gasteiger partial charge in [0.05, 0.1) is 11.4 Å². The molecule has 1 aliphatic heterocycles. The van der Waals surface area contributed by atoms with Crippen molar-refractivity contribution in [3.8, 4) is 0 Å². The van der Waals surface area contributed by atoms with Gasteiger partial charge in [0.2, 0.25) is 21.8 Å². The average Bonchev–Trinajstić information content (AvgIpc) is 2.68. The second-order valence-corrected chi connectivity index (χ2v) is 8.21. The van der Waals surface area contributed by atoms with Gasteiger partial charge in [-0.3, -0.25) is 9.59 Å². The molecule has 1 fully saturated rings. The normalized spacial score (nSPS) is 16.2. The van der Waals surface area contributed by atoms with Crippen molar-refractivity contribution in [3.05, 3.63) is 30.3 Å². The van der Waals surface area contributed by atoms with Gasteiger partial charge in [-0.2, -0.15) is 4.31 Å². The zero-order valence-corrected chi connectivity index (χ0v) is 16.2. The Labute approximate surface area is 155 Å². The van der Waals surface area contributed by atoms with Gasteiger partial charge in [-0.05, 0) is 38.8 Å². The van der Waals surface area contributed by atoms with Crippen LogP contribution in [-0.4, -0.2) is 62.2 Å². The minimum atomic E-state index is -3.51. The van der Waals surface area contributed by atoms with E-state index in [0.29, 0.717) is 39.0 Å². The highest BCUT2D eigenvalue weighted by molar-refractivity contribution is 7.89. The summed E-state index contributed by atoms with van der Waals surface area (Å²) < 4.78 is 26.6. The Bertz CT molecular complexity index is 709. The zero-order valence-electron chi connectivity index (χ0n) is 15.3. The molecule has 1 heterocycles. The van der Waals surface area contributed by atoms with Crippen LogP contribution in [-0.2, 0) is 19.6 Å². The molecule has 144 valence electrons. The summed E-state index contributed by atoms with van der Waals surface area (Å²) in [6.45, 7) is 5.61. The Hall–Kier alpha value is -1.93. The monoisotopic (exact) mass is 381 g/mol. The van der Waals surface area contributed by atoms with E-state index in [9.17, 15) is 18.0 Å². The van der Waals surface area contributed by atoms with Gasteiger partial charge in [-0.1, -0.05) is 18.2 Å². The quantitative estimate of drug-likeness (QED) is 0.765. The highest BCUT2D eigenvalue weighted by atomic mass is 32.2. The summed E-state index contributed by atoms with van der Waals surface area (Å²) in [6.07, 6.45) is 0.911. The van der Waals surface area contributed by atoms with Gasteiger partial charge < -0.3 is 10.2 Å². The summed E-state index contributed by atoms with van der Waals surface area (Å²) in [5, 5.41) is 2.69. The van der Waals surface area contributed by atoms with Crippen LogP contribution in [0.25, 0.3) is 0 Å². The molecule has 0 spiro atoms. The van der Waals surface area contributed by atoms with Crippen LogP contribution in [0.5, 0.6) is 0 Å². The van der Waals surface area contributed by atoms with Crippen LogP contribution in [0.1, 0.15) is 26.7 Å². The molecule has 2 amide bonds. The van der Waals surface area contributed by atoms with Crippen molar-refractivity contribution in [1.82, 2.24) is 14.5 Å².